The van der Waals surface area contributed by atoms with Gasteiger partial charge in [-0.1, -0.05) is 19.0 Å². The van der Waals surface area contributed by atoms with Gasteiger partial charge in [-0.15, -0.1) is 0 Å². The predicted molar refractivity (Wildman–Crippen MR) is 67.3 cm³/mol. The molecule has 98 valence electrons. The molecule has 0 bridgehead atoms. The summed E-state index contributed by atoms with van der Waals surface area (Å²) in [6, 6.07) is -0.107. The van der Waals surface area contributed by atoms with E-state index in [1.54, 1.807) is 0 Å². The van der Waals surface area contributed by atoms with Crippen LogP contribution in [0.3, 0.4) is 0 Å². The maximum atomic E-state index is 11.8. The van der Waals surface area contributed by atoms with E-state index >= 15 is 0 Å². The highest BCUT2D eigenvalue weighted by molar-refractivity contribution is 5.87. The Bertz CT molecular complexity index is 291. The zero-order valence-corrected chi connectivity index (χ0v) is 10.9. The minimum atomic E-state index is -0.107. The van der Waals surface area contributed by atoms with Crippen LogP contribution in [0.4, 0.5) is 0 Å². The van der Waals surface area contributed by atoms with Crippen molar-refractivity contribution in [2.45, 2.75) is 39.7 Å². The summed E-state index contributed by atoms with van der Waals surface area (Å²) >= 11 is 0. The highest BCUT2D eigenvalue weighted by Crippen LogP contribution is 2.16. The molecule has 1 heterocycles. The molecule has 0 aromatic rings. The van der Waals surface area contributed by atoms with Crippen LogP contribution >= 0.6 is 0 Å². The van der Waals surface area contributed by atoms with Crippen LogP contribution < -0.4 is 5.32 Å². The van der Waals surface area contributed by atoms with Crippen LogP contribution in [-0.2, 0) is 4.79 Å². The second kappa shape index (κ2) is 6.59. The Hall–Kier alpha value is -1.10. The van der Waals surface area contributed by atoms with E-state index in [2.05, 4.69) is 15.4 Å². The molecular formula is C12H23N3O2. The molecule has 2 atom stereocenters. The van der Waals surface area contributed by atoms with Gasteiger partial charge in [0.15, 0.2) is 0 Å². The van der Waals surface area contributed by atoms with Crippen LogP contribution in [0.2, 0.25) is 0 Å². The minimum absolute atomic E-state index is 0.0865. The monoisotopic (exact) mass is 241 g/mol. The van der Waals surface area contributed by atoms with Gasteiger partial charge in [0, 0.05) is 32.0 Å². The molecular weight excluding hydrogens is 218 g/mol. The zero-order valence-electron chi connectivity index (χ0n) is 10.9. The number of amides is 1. The van der Waals surface area contributed by atoms with Crippen LogP contribution in [-0.4, -0.2) is 47.4 Å². The molecule has 17 heavy (non-hydrogen) atoms. The summed E-state index contributed by atoms with van der Waals surface area (Å²) in [4.78, 5) is 14.0. The van der Waals surface area contributed by atoms with Gasteiger partial charge in [-0.25, -0.2) is 0 Å². The van der Waals surface area contributed by atoms with Gasteiger partial charge in [0.2, 0.25) is 5.91 Å². The average Bonchev–Trinajstić information content (AvgIpc) is 2.34. The van der Waals surface area contributed by atoms with E-state index in [1.165, 1.54) is 0 Å². The zero-order chi connectivity index (χ0) is 12.8. The van der Waals surface area contributed by atoms with Crippen LogP contribution in [0.25, 0.3) is 0 Å². The highest BCUT2D eigenvalue weighted by Gasteiger charge is 2.28. The smallest absolute Gasteiger partial charge is 0.237 e. The molecule has 5 heteroatoms. The van der Waals surface area contributed by atoms with Gasteiger partial charge in [0.05, 0.1) is 11.8 Å². The number of likely N-dealkylation sites (tertiary alicyclic amines) is 1. The summed E-state index contributed by atoms with van der Waals surface area (Å²) in [7, 11) is 0. The lowest BCUT2D eigenvalue weighted by molar-refractivity contribution is -0.126. The Morgan fingerprint density at radius 2 is 2.41 bits per heavy atom. The molecule has 2 N–H and O–H groups in total. The van der Waals surface area contributed by atoms with E-state index in [4.69, 9.17) is 5.21 Å². The van der Waals surface area contributed by atoms with Crippen molar-refractivity contribution < 1.29 is 10.0 Å². The van der Waals surface area contributed by atoms with E-state index in [1.807, 2.05) is 20.8 Å². The quantitative estimate of drug-likeness (QED) is 0.571. The van der Waals surface area contributed by atoms with Gasteiger partial charge in [0.1, 0.15) is 0 Å². The number of hydrogen-bond donors (Lipinski definition) is 2. The summed E-state index contributed by atoms with van der Waals surface area (Å²) < 4.78 is 0. The molecule has 2 unspecified atom stereocenters. The summed E-state index contributed by atoms with van der Waals surface area (Å²) in [5.74, 6) is 0.304. The Morgan fingerprint density at radius 1 is 1.71 bits per heavy atom. The van der Waals surface area contributed by atoms with Crippen LogP contribution in [0, 0.1) is 5.92 Å². The standard InChI is InChI=1S/C12H23N3O2/c1-4-6-13-12(16)10(3)15-7-5-11(14-17)9(2)8-15/h9-10,17H,4-8H2,1-3H3,(H,13,16). The molecule has 0 radical (unpaired) electrons. The number of carbonyl (C=O) groups is 1. The Labute approximate surface area is 103 Å². The number of nitrogens with one attached hydrogen (secondary N) is 1. The third-order valence-electron chi connectivity index (χ3n) is 3.34. The third-order valence-corrected chi connectivity index (χ3v) is 3.34. The van der Waals surface area contributed by atoms with Crippen molar-refractivity contribution in [3.63, 3.8) is 0 Å². The van der Waals surface area contributed by atoms with Crippen LogP contribution in [0.5, 0.6) is 0 Å². The molecule has 0 aromatic heterocycles. The molecule has 0 saturated carbocycles. The van der Waals surface area contributed by atoms with Crippen molar-refractivity contribution in [3.05, 3.63) is 0 Å². The number of carbonyl (C=O) groups excluding carboxylic acids is 1. The van der Waals surface area contributed by atoms with E-state index < -0.39 is 0 Å². The maximum absolute atomic E-state index is 11.8. The van der Waals surface area contributed by atoms with Gasteiger partial charge < -0.3 is 10.5 Å². The van der Waals surface area contributed by atoms with Crippen molar-refractivity contribution in [2.75, 3.05) is 19.6 Å². The van der Waals surface area contributed by atoms with E-state index in [0.717, 1.165) is 38.2 Å². The molecule has 0 spiro atoms. The van der Waals surface area contributed by atoms with Crippen molar-refractivity contribution >= 4 is 11.6 Å². The second-order valence-electron chi connectivity index (χ2n) is 4.70. The second-order valence-corrected chi connectivity index (χ2v) is 4.70. The topological polar surface area (TPSA) is 64.9 Å². The number of oxime groups is 1. The molecule has 1 aliphatic heterocycles. The highest BCUT2D eigenvalue weighted by atomic mass is 16.4. The Balaban J connectivity index is 2.48. The fraction of sp³-hybridized carbons (Fsp3) is 0.833. The van der Waals surface area contributed by atoms with Crippen molar-refractivity contribution in [1.82, 2.24) is 10.2 Å². The van der Waals surface area contributed by atoms with Crippen LogP contribution in [0.15, 0.2) is 5.16 Å². The Kier molecular flexibility index (Phi) is 5.41. The number of rotatable bonds is 4. The van der Waals surface area contributed by atoms with Crippen molar-refractivity contribution in [1.29, 1.82) is 0 Å². The SMILES string of the molecule is CCCNC(=O)C(C)N1CCC(=NO)C(C)C1. The summed E-state index contributed by atoms with van der Waals surface area (Å²) in [5, 5.41) is 15.0. The molecule has 0 aliphatic carbocycles. The van der Waals surface area contributed by atoms with Gasteiger partial charge in [0.25, 0.3) is 0 Å². The molecule has 1 fully saturated rings. The lowest BCUT2D eigenvalue weighted by Gasteiger charge is -2.35. The first-order valence-corrected chi connectivity index (χ1v) is 6.32. The number of nitrogens with zero attached hydrogens (tertiary/aromatic N) is 2. The van der Waals surface area contributed by atoms with Gasteiger partial charge in [-0.2, -0.15) is 0 Å². The predicted octanol–water partition coefficient (Wildman–Crippen LogP) is 1.07. The largest absolute Gasteiger partial charge is 0.411 e. The van der Waals surface area contributed by atoms with Gasteiger partial charge >= 0.3 is 0 Å². The van der Waals surface area contributed by atoms with Crippen molar-refractivity contribution in [3.8, 4) is 0 Å². The molecule has 0 aromatic carbocycles. The van der Waals surface area contributed by atoms with Gasteiger partial charge in [-0.3, -0.25) is 9.69 Å². The molecule has 1 rings (SSSR count). The Morgan fingerprint density at radius 3 is 2.94 bits per heavy atom. The van der Waals surface area contributed by atoms with Crippen LogP contribution in [0.1, 0.15) is 33.6 Å². The number of hydrogen-bond acceptors (Lipinski definition) is 4. The molecule has 1 saturated heterocycles. The first-order chi connectivity index (χ1) is 8.10. The fourth-order valence-electron chi connectivity index (χ4n) is 2.12. The lowest BCUT2D eigenvalue weighted by Crippen LogP contribution is -2.50. The summed E-state index contributed by atoms with van der Waals surface area (Å²) in [6.07, 6.45) is 1.69. The minimum Gasteiger partial charge on any atom is -0.411 e. The normalized spacial score (nSPS) is 25.8. The molecule has 1 aliphatic rings. The van der Waals surface area contributed by atoms with Crippen molar-refractivity contribution in [2.24, 2.45) is 11.1 Å². The summed E-state index contributed by atoms with van der Waals surface area (Å²) in [5.41, 5.74) is 0.836. The van der Waals surface area contributed by atoms with E-state index in [9.17, 15) is 4.79 Å². The first kappa shape index (κ1) is 14.0. The van der Waals surface area contributed by atoms with E-state index in [-0.39, 0.29) is 17.9 Å². The maximum Gasteiger partial charge on any atom is 0.237 e. The van der Waals surface area contributed by atoms with E-state index in [0.29, 0.717) is 0 Å². The summed E-state index contributed by atoms with van der Waals surface area (Å²) in [6.45, 7) is 8.29. The molecule has 5 nitrogen and oxygen atoms in total. The molecule has 1 amide bonds. The fourth-order valence-corrected chi connectivity index (χ4v) is 2.12. The average molecular weight is 241 g/mol. The third kappa shape index (κ3) is 3.70. The van der Waals surface area contributed by atoms with Gasteiger partial charge in [-0.05, 0) is 13.3 Å². The number of piperidine rings is 1. The lowest BCUT2D eigenvalue weighted by atomic mass is 9.96. The first-order valence-electron chi connectivity index (χ1n) is 6.32.